The zero-order valence-corrected chi connectivity index (χ0v) is 11.0. The van der Waals surface area contributed by atoms with Gasteiger partial charge in [-0.2, -0.15) is 0 Å². The first-order chi connectivity index (χ1) is 8.58. The van der Waals surface area contributed by atoms with Crippen LogP contribution >= 0.6 is 11.6 Å². The lowest BCUT2D eigenvalue weighted by molar-refractivity contribution is 0.392. The topological polar surface area (TPSA) is 38.1 Å². The Morgan fingerprint density at radius 3 is 2.72 bits per heavy atom. The lowest BCUT2D eigenvalue weighted by Crippen LogP contribution is -2.14. The van der Waals surface area contributed by atoms with Crippen molar-refractivity contribution in [1.29, 1.82) is 0 Å². The molecule has 0 amide bonds. The number of benzene rings is 1. The smallest absolute Gasteiger partial charge is 0.138 e. The van der Waals surface area contributed by atoms with E-state index in [1.165, 1.54) is 6.07 Å². The second-order valence-corrected chi connectivity index (χ2v) is 4.58. The number of aromatic nitrogens is 1. The van der Waals surface area contributed by atoms with Gasteiger partial charge in [0.15, 0.2) is 0 Å². The number of nitrogens with zero attached hydrogens (tertiary/aromatic N) is 1. The largest absolute Gasteiger partial charge is 0.361 e. The van der Waals surface area contributed by atoms with Gasteiger partial charge in [0.25, 0.3) is 0 Å². The van der Waals surface area contributed by atoms with E-state index < -0.39 is 0 Å². The van der Waals surface area contributed by atoms with E-state index in [2.05, 4.69) is 10.5 Å². The summed E-state index contributed by atoms with van der Waals surface area (Å²) in [6.45, 7) is 4.78. The summed E-state index contributed by atoms with van der Waals surface area (Å²) >= 11 is 5.69. The van der Waals surface area contributed by atoms with Gasteiger partial charge in [0.1, 0.15) is 11.6 Å². The lowest BCUT2D eigenvalue weighted by atomic mass is 10.2. The molecule has 3 nitrogen and oxygen atoms in total. The molecule has 0 unspecified atom stereocenters. The molecule has 0 aliphatic carbocycles. The second kappa shape index (κ2) is 5.50. The van der Waals surface area contributed by atoms with Crippen LogP contribution in [0.1, 0.15) is 22.6 Å². The summed E-state index contributed by atoms with van der Waals surface area (Å²) < 4.78 is 18.6. The average Bonchev–Trinajstić information content (AvgIpc) is 2.63. The van der Waals surface area contributed by atoms with Crippen molar-refractivity contribution in [2.75, 3.05) is 0 Å². The molecule has 2 rings (SSSR count). The average molecular weight is 269 g/mol. The maximum Gasteiger partial charge on any atom is 0.138 e. The van der Waals surface area contributed by atoms with Crippen molar-refractivity contribution in [2.45, 2.75) is 26.9 Å². The van der Waals surface area contributed by atoms with Gasteiger partial charge >= 0.3 is 0 Å². The van der Waals surface area contributed by atoms with Gasteiger partial charge in [-0.25, -0.2) is 4.39 Å². The van der Waals surface area contributed by atoms with Gasteiger partial charge in [-0.1, -0.05) is 22.8 Å². The van der Waals surface area contributed by atoms with Gasteiger partial charge in [0, 0.05) is 29.2 Å². The molecule has 1 N–H and O–H groups in total. The van der Waals surface area contributed by atoms with E-state index in [0.717, 1.165) is 17.0 Å². The number of halogens is 2. The van der Waals surface area contributed by atoms with E-state index in [9.17, 15) is 4.39 Å². The minimum atomic E-state index is -0.297. The Hall–Kier alpha value is -1.39. The highest BCUT2D eigenvalue weighted by molar-refractivity contribution is 6.30. The fourth-order valence-corrected chi connectivity index (χ4v) is 1.90. The van der Waals surface area contributed by atoms with Crippen molar-refractivity contribution in [3.63, 3.8) is 0 Å². The summed E-state index contributed by atoms with van der Waals surface area (Å²) in [6.07, 6.45) is 0. The van der Waals surface area contributed by atoms with Crippen molar-refractivity contribution in [3.8, 4) is 0 Å². The Balaban J connectivity index is 1.96. The molecule has 0 radical (unpaired) electrons. The molecule has 0 atom stereocenters. The summed E-state index contributed by atoms with van der Waals surface area (Å²) in [5.74, 6) is 0.491. The zero-order valence-electron chi connectivity index (χ0n) is 10.3. The molecule has 96 valence electrons. The molecule has 1 aromatic heterocycles. The van der Waals surface area contributed by atoms with Crippen LogP contribution in [0.2, 0.25) is 5.02 Å². The van der Waals surface area contributed by atoms with Crippen LogP contribution in [0.5, 0.6) is 0 Å². The zero-order chi connectivity index (χ0) is 13.1. The number of rotatable bonds is 4. The maximum atomic E-state index is 13.5. The lowest BCUT2D eigenvalue weighted by Gasteiger charge is -2.06. The SMILES string of the molecule is Cc1noc(C)c1CNCc1ccc(Cl)cc1F. The molecule has 0 bridgehead atoms. The summed E-state index contributed by atoms with van der Waals surface area (Å²) in [4.78, 5) is 0. The molecule has 1 heterocycles. The Morgan fingerprint density at radius 2 is 2.11 bits per heavy atom. The van der Waals surface area contributed by atoms with E-state index in [0.29, 0.717) is 23.7 Å². The van der Waals surface area contributed by atoms with Gasteiger partial charge in [0.05, 0.1) is 5.69 Å². The first-order valence-electron chi connectivity index (χ1n) is 5.64. The van der Waals surface area contributed by atoms with Crippen LogP contribution in [-0.2, 0) is 13.1 Å². The summed E-state index contributed by atoms with van der Waals surface area (Å²) in [5.41, 5.74) is 2.46. The molecule has 2 aromatic rings. The standard InChI is InChI=1S/C13H14ClFN2O/c1-8-12(9(2)18-17-8)7-16-6-10-3-4-11(14)5-13(10)15/h3-5,16H,6-7H2,1-2H3. The maximum absolute atomic E-state index is 13.5. The van der Waals surface area contributed by atoms with Crippen LogP contribution in [0.15, 0.2) is 22.7 Å². The van der Waals surface area contributed by atoms with Crippen LogP contribution in [0.4, 0.5) is 4.39 Å². The van der Waals surface area contributed by atoms with Crippen molar-refractivity contribution in [1.82, 2.24) is 10.5 Å². The quantitative estimate of drug-likeness (QED) is 0.924. The van der Waals surface area contributed by atoms with Gasteiger partial charge in [-0.05, 0) is 26.0 Å². The second-order valence-electron chi connectivity index (χ2n) is 4.14. The molecule has 0 saturated heterocycles. The molecule has 0 aliphatic heterocycles. The Labute approximate surface area is 110 Å². The van der Waals surface area contributed by atoms with Crippen LogP contribution in [0.3, 0.4) is 0 Å². The Morgan fingerprint density at radius 1 is 1.33 bits per heavy atom. The van der Waals surface area contributed by atoms with Gasteiger partial charge in [0.2, 0.25) is 0 Å². The molecule has 0 aliphatic rings. The predicted molar refractivity (Wildman–Crippen MR) is 67.9 cm³/mol. The van der Waals surface area contributed by atoms with Crippen molar-refractivity contribution in [2.24, 2.45) is 0 Å². The van der Waals surface area contributed by atoms with E-state index in [-0.39, 0.29) is 5.82 Å². The van der Waals surface area contributed by atoms with Gasteiger partial charge in [-0.15, -0.1) is 0 Å². The van der Waals surface area contributed by atoms with Crippen LogP contribution in [0, 0.1) is 19.7 Å². The molecule has 5 heteroatoms. The fourth-order valence-electron chi connectivity index (χ4n) is 1.74. The van der Waals surface area contributed by atoms with E-state index in [1.807, 2.05) is 13.8 Å². The Bertz CT molecular complexity index is 534. The highest BCUT2D eigenvalue weighted by Crippen LogP contribution is 2.15. The molecule has 0 spiro atoms. The van der Waals surface area contributed by atoms with Crippen molar-refractivity contribution >= 4 is 11.6 Å². The third-order valence-corrected chi connectivity index (χ3v) is 3.05. The predicted octanol–water partition coefficient (Wildman–Crippen LogP) is 3.37. The van der Waals surface area contributed by atoms with E-state index in [1.54, 1.807) is 12.1 Å². The molecule has 18 heavy (non-hydrogen) atoms. The van der Waals surface area contributed by atoms with E-state index >= 15 is 0 Å². The fraction of sp³-hybridized carbons (Fsp3) is 0.308. The van der Waals surface area contributed by atoms with Crippen molar-refractivity contribution in [3.05, 3.63) is 51.6 Å². The minimum absolute atomic E-state index is 0.297. The summed E-state index contributed by atoms with van der Waals surface area (Å²) in [7, 11) is 0. The van der Waals surface area contributed by atoms with E-state index in [4.69, 9.17) is 16.1 Å². The third-order valence-electron chi connectivity index (χ3n) is 2.81. The molecular weight excluding hydrogens is 255 g/mol. The van der Waals surface area contributed by atoms with Crippen molar-refractivity contribution < 1.29 is 8.91 Å². The Kier molecular flexibility index (Phi) is 3.99. The number of hydrogen-bond donors (Lipinski definition) is 1. The number of hydrogen-bond acceptors (Lipinski definition) is 3. The third kappa shape index (κ3) is 2.89. The van der Waals surface area contributed by atoms with Crippen LogP contribution < -0.4 is 5.32 Å². The minimum Gasteiger partial charge on any atom is -0.361 e. The highest BCUT2D eigenvalue weighted by Gasteiger charge is 2.08. The molecule has 0 saturated carbocycles. The van der Waals surface area contributed by atoms with Gasteiger partial charge < -0.3 is 9.84 Å². The first-order valence-corrected chi connectivity index (χ1v) is 6.02. The first kappa shape index (κ1) is 13.1. The molecular formula is C13H14ClFN2O. The molecule has 0 fully saturated rings. The van der Waals surface area contributed by atoms with Crippen LogP contribution in [-0.4, -0.2) is 5.16 Å². The normalized spacial score (nSPS) is 10.9. The summed E-state index contributed by atoms with van der Waals surface area (Å²) in [6, 6.07) is 4.67. The highest BCUT2D eigenvalue weighted by atomic mass is 35.5. The number of aryl methyl sites for hydroxylation is 2. The number of nitrogens with one attached hydrogen (secondary N) is 1. The van der Waals surface area contributed by atoms with Gasteiger partial charge in [-0.3, -0.25) is 0 Å². The summed E-state index contributed by atoms with van der Waals surface area (Å²) in [5, 5.41) is 7.43. The van der Waals surface area contributed by atoms with Crippen LogP contribution in [0.25, 0.3) is 0 Å². The monoisotopic (exact) mass is 268 g/mol. The molecule has 1 aromatic carbocycles.